The van der Waals surface area contributed by atoms with Crippen LogP contribution in [0.5, 0.6) is 0 Å². The maximum atomic E-state index is 4.37. The summed E-state index contributed by atoms with van der Waals surface area (Å²) < 4.78 is 2.36. The molecule has 4 nitrogen and oxygen atoms in total. The van der Waals surface area contributed by atoms with Crippen molar-refractivity contribution in [1.29, 1.82) is 0 Å². The van der Waals surface area contributed by atoms with Crippen molar-refractivity contribution < 1.29 is 0 Å². The third-order valence-corrected chi connectivity index (χ3v) is 5.83. The van der Waals surface area contributed by atoms with Gasteiger partial charge in [-0.3, -0.25) is 0 Å². The normalized spacial score (nSPS) is 23.1. The average Bonchev–Trinajstić information content (AvgIpc) is 3.06. The Hall–Kier alpha value is -0.880. The smallest absolute Gasteiger partial charge is 0.191 e. The molecule has 0 radical (unpaired) electrons. The van der Waals surface area contributed by atoms with Crippen molar-refractivity contribution in [3.63, 3.8) is 0 Å². The Balaban J connectivity index is 1.74. The van der Waals surface area contributed by atoms with E-state index in [2.05, 4.69) is 33.6 Å². The summed E-state index contributed by atoms with van der Waals surface area (Å²) in [6.07, 6.45) is 7.05. The Morgan fingerprint density at radius 3 is 3.05 bits per heavy atom. The van der Waals surface area contributed by atoms with Gasteiger partial charge in [0.05, 0.1) is 5.75 Å². The van der Waals surface area contributed by atoms with Crippen LogP contribution in [0.1, 0.15) is 49.5 Å². The number of aromatic nitrogens is 4. The van der Waals surface area contributed by atoms with Crippen LogP contribution in [0.2, 0.25) is 0 Å². The fourth-order valence-corrected chi connectivity index (χ4v) is 4.65. The van der Waals surface area contributed by atoms with Crippen molar-refractivity contribution in [2.75, 3.05) is 0 Å². The van der Waals surface area contributed by atoms with E-state index in [1.54, 1.807) is 23.1 Å². The molecule has 0 amide bonds. The van der Waals surface area contributed by atoms with Crippen molar-refractivity contribution >= 4 is 23.1 Å². The van der Waals surface area contributed by atoms with Gasteiger partial charge in [0, 0.05) is 17.6 Å². The first-order chi connectivity index (χ1) is 9.74. The minimum atomic E-state index is 0.576. The molecule has 0 N–H and O–H groups in total. The second-order valence-electron chi connectivity index (χ2n) is 5.54. The van der Waals surface area contributed by atoms with Gasteiger partial charge in [0.2, 0.25) is 0 Å². The zero-order chi connectivity index (χ0) is 13.9. The predicted molar refractivity (Wildman–Crippen MR) is 83.1 cm³/mol. The van der Waals surface area contributed by atoms with Gasteiger partial charge >= 0.3 is 0 Å². The molecular formula is C14H20N4S2. The number of hydrogen-bond donors (Lipinski definition) is 0. The molecule has 108 valence electrons. The van der Waals surface area contributed by atoms with E-state index in [-0.39, 0.29) is 0 Å². The van der Waals surface area contributed by atoms with Crippen LogP contribution in [0, 0.1) is 12.8 Å². The van der Waals surface area contributed by atoms with E-state index in [9.17, 15) is 0 Å². The van der Waals surface area contributed by atoms with Gasteiger partial charge in [0.15, 0.2) is 5.16 Å². The zero-order valence-electron chi connectivity index (χ0n) is 12.0. The molecule has 0 spiro atoms. The maximum Gasteiger partial charge on any atom is 0.191 e. The maximum absolute atomic E-state index is 4.37. The summed E-state index contributed by atoms with van der Waals surface area (Å²) in [5.74, 6) is 2.75. The summed E-state index contributed by atoms with van der Waals surface area (Å²) in [5, 5.41) is 12.9. The molecule has 2 heterocycles. The Morgan fingerprint density at radius 1 is 1.40 bits per heavy atom. The number of thioether (sulfide) groups is 1. The van der Waals surface area contributed by atoms with Gasteiger partial charge < -0.3 is 4.57 Å². The summed E-state index contributed by atoms with van der Waals surface area (Å²) >= 11 is 3.46. The van der Waals surface area contributed by atoms with Crippen LogP contribution in [0.4, 0.5) is 0 Å². The molecule has 6 heteroatoms. The molecule has 0 saturated heterocycles. The number of nitrogens with zero attached hydrogens (tertiary/aromatic N) is 4. The molecule has 2 aromatic heterocycles. The highest BCUT2D eigenvalue weighted by Crippen LogP contribution is 2.35. The first kappa shape index (κ1) is 14.1. The number of thiazole rings is 1. The second-order valence-corrected chi connectivity index (χ2v) is 7.46. The van der Waals surface area contributed by atoms with Crippen molar-refractivity contribution in [3.8, 4) is 0 Å². The van der Waals surface area contributed by atoms with Crippen LogP contribution in [0.15, 0.2) is 16.7 Å². The topological polar surface area (TPSA) is 43.6 Å². The summed E-state index contributed by atoms with van der Waals surface area (Å²) in [6.45, 7) is 4.42. The minimum absolute atomic E-state index is 0.576. The lowest BCUT2D eigenvalue weighted by Crippen LogP contribution is -2.19. The second kappa shape index (κ2) is 6.26. The van der Waals surface area contributed by atoms with E-state index in [0.29, 0.717) is 6.04 Å². The van der Waals surface area contributed by atoms with Crippen LogP contribution >= 0.6 is 23.1 Å². The SMILES string of the molecule is Cc1nnc(SCc2nccs2)n1[C@H]1CCC[C@@H](C)C1. The van der Waals surface area contributed by atoms with E-state index >= 15 is 0 Å². The Morgan fingerprint density at radius 2 is 2.30 bits per heavy atom. The molecule has 2 aromatic rings. The Kier molecular flexibility index (Phi) is 4.41. The van der Waals surface area contributed by atoms with Gasteiger partial charge in [0.1, 0.15) is 10.8 Å². The zero-order valence-corrected chi connectivity index (χ0v) is 13.6. The quantitative estimate of drug-likeness (QED) is 0.798. The molecule has 2 atom stereocenters. The first-order valence-corrected chi connectivity index (χ1v) is 9.03. The van der Waals surface area contributed by atoms with Gasteiger partial charge in [-0.2, -0.15) is 0 Å². The van der Waals surface area contributed by atoms with Crippen molar-refractivity contribution in [3.05, 3.63) is 22.4 Å². The highest BCUT2D eigenvalue weighted by atomic mass is 32.2. The summed E-state index contributed by atoms with van der Waals surface area (Å²) in [5.41, 5.74) is 0. The predicted octanol–water partition coefficient (Wildman–Crippen LogP) is 4.09. The van der Waals surface area contributed by atoms with E-state index < -0.39 is 0 Å². The summed E-state index contributed by atoms with van der Waals surface area (Å²) in [4.78, 5) is 4.33. The lowest BCUT2D eigenvalue weighted by molar-refractivity contribution is 0.268. The van der Waals surface area contributed by atoms with Crippen LogP contribution in [-0.2, 0) is 5.75 Å². The lowest BCUT2D eigenvalue weighted by atomic mass is 9.87. The van der Waals surface area contributed by atoms with E-state index in [1.165, 1.54) is 25.7 Å². The van der Waals surface area contributed by atoms with E-state index in [1.807, 2.05) is 11.6 Å². The molecule has 0 bridgehead atoms. The van der Waals surface area contributed by atoms with Crippen molar-refractivity contribution in [2.45, 2.75) is 56.5 Å². The highest BCUT2D eigenvalue weighted by molar-refractivity contribution is 7.98. The number of hydrogen-bond acceptors (Lipinski definition) is 5. The van der Waals surface area contributed by atoms with Crippen molar-refractivity contribution in [2.24, 2.45) is 5.92 Å². The average molecular weight is 308 g/mol. The molecular weight excluding hydrogens is 288 g/mol. The van der Waals surface area contributed by atoms with Gasteiger partial charge in [-0.1, -0.05) is 31.5 Å². The van der Waals surface area contributed by atoms with Crippen molar-refractivity contribution in [1.82, 2.24) is 19.7 Å². The highest BCUT2D eigenvalue weighted by Gasteiger charge is 2.24. The van der Waals surface area contributed by atoms with Crippen LogP contribution in [-0.4, -0.2) is 19.7 Å². The molecule has 0 unspecified atom stereocenters. The third-order valence-electron chi connectivity index (χ3n) is 3.92. The molecule has 1 fully saturated rings. The third kappa shape index (κ3) is 3.06. The number of rotatable bonds is 4. The Bertz CT molecular complexity index is 550. The van der Waals surface area contributed by atoms with Crippen LogP contribution in [0.25, 0.3) is 0 Å². The monoisotopic (exact) mass is 308 g/mol. The molecule has 1 aliphatic rings. The molecule has 3 rings (SSSR count). The molecule has 1 aliphatic carbocycles. The Labute approximate surface area is 128 Å². The first-order valence-electron chi connectivity index (χ1n) is 7.16. The summed E-state index contributed by atoms with van der Waals surface area (Å²) in [6, 6.07) is 0.576. The van der Waals surface area contributed by atoms with Gasteiger partial charge in [0.25, 0.3) is 0 Å². The molecule has 20 heavy (non-hydrogen) atoms. The fraction of sp³-hybridized carbons (Fsp3) is 0.643. The minimum Gasteiger partial charge on any atom is -0.303 e. The standard InChI is InChI=1S/C14H20N4S2/c1-10-4-3-5-12(8-10)18-11(2)16-17-14(18)20-9-13-15-6-7-19-13/h6-7,10,12H,3-5,8-9H2,1-2H3/t10-,12+/m1/s1. The van der Waals surface area contributed by atoms with Gasteiger partial charge in [-0.05, 0) is 25.7 Å². The molecule has 0 aromatic carbocycles. The molecule has 0 aliphatic heterocycles. The van der Waals surface area contributed by atoms with Gasteiger partial charge in [-0.25, -0.2) is 4.98 Å². The summed E-state index contributed by atoms with van der Waals surface area (Å²) in [7, 11) is 0. The fourth-order valence-electron chi connectivity index (χ4n) is 2.96. The van der Waals surface area contributed by atoms with Crippen LogP contribution in [0.3, 0.4) is 0 Å². The number of aryl methyl sites for hydroxylation is 1. The van der Waals surface area contributed by atoms with E-state index in [4.69, 9.17) is 0 Å². The van der Waals surface area contributed by atoms with Gasteiger partial charge in [-0.15, -0.1) is 21.5 Å². The lowest BCUT2D eigenvalue weighted by Gasteiger charge is -2.29. The van der Waals surface area contributed by atoms with Crippen LogP contribution < -0.4 is 0 Å². The largest absolute Gasteiger partial charge is 0.303 e. The van der Waals surface area contributed by atoms with E-state index in [0.717, 1.165) is 27.7 Å². The molecule has 1 saturated carbocycles.